The molecule has 0 aliphatic rings. The average molecular weight is 341 g/mol. The van der Waals surface area contributed by atoms with Crippen LogP contribution < -0.4 is 5.32 Å². The van der Waals surface area contributed by atoms with Gasteiger partial charge in [0.15, 0.2) is 5.82 Å². The first-order chi connectivity index (χ1) is 12.7. The summed E-state index contributed by atoms with van der Waals surface area (Å²) < 4.78 is 0. The van der Waals surface area contributed by atoms with Crippen molar-refractivity contribution in [3.63, 3.8) is 0 Å². The number of pyridine rings is 2. The van der Waals surface area contributed by atoms with Gasteiger partial charge in [0.25, 0.3) is 0 Å². The third-order valence-electron chi connectivity index (χ3n) is 4.26. The van der Waals surface area contributed by atoms with Gasteiger partial charge in [-0.05, 0) is 49.7 Å². The Morgan fingerprint density at radius 2 is 1.73 bits per heavy atom. The number of aryl methyl sites for hydroxylation is 2. The Morgan fingerprint density at radius 3 is 2.50 bits per heavy atom. The number of anilines is 2. The summed E-state index contributed by atoms with van der Waals surface area (Å²) in [7, 11) is 0. The number of para-hydroxylation sites is 1. The molecule has 0 saturated carbocycles. The van der Waals surface area contributed by atoms with Crippen LogP contribution in [0.25, 0.3) is 22.6 Å². The number of H-pyrrole nitrogens is 1. The second-order valence-corrected chi connectivity index (χ2v) is 6.18. The molecule has 4 aromatic rings. The van der Waals surface area contributed by atoms with Crippen molar-refractivity contribution >= 4 is 11.4 Å². The van der Waals surface area contributed by atoms with E-state index in [-0.39, 0.29) is 0 Å². The van der Waals surface area contributed by atoms with Crippen LogP contribution >= 0.6 is 0 Å². The fourth-order valence-corrected chi connectivity index (χ4v) is 2.76. The topological polar surface area (TPSA) is 66.5 Å². The Morgan fingerprint density at radius 1 is 0.885 bits per heavy atom. The van der Waals surface area contributed by atoms with E-state index in [1.165, 1.54) is 0 Å². The SMILES string of the molecule is Cc1nc(-c2cc(-c3cncc(Nc4ccccc4)c3)ccn2)[nH]c1C. The largest absolute Gasteiger partial charge is 0.354 e. The van der Waals surface area contributed by atoms with Gasteiger partial charge >= 0.3 is 0 Å². The fraction of sp³-hybridized carbons (Fsp3) is 0.0952. The average Bonchev–Trinajstić information content (AvgIpc) is 3.02. The molecular weight excluding hydrogens is 322 g/mol. The molecule has 3 aromatic heterocycles. The number of aromatic amines is 1. The van der Waals surface area contributed by atoms with Gasteiger partial charge in [0.05, 0.1) is 17.6 Å². The molecule has 5 heteroatoms. The molecule has 5 nitrogen and oxygen atoms in total. The predicted molar refractivity (Wildman–Crippen MR) is 104 cm³/mol. The van der Waals surface area contributed by atoms with E-state index < -0.39 is 0 Å². The fourth-order valence-electron chi connectivity index (χ4n) is 2.76. The van der Waals surface area contributed by atoms with Gasteiger partial charge in [0, 0.05) is 29.3 Å². The van der Waals surface area contributed by atoms with Crippen molar-refractivity contribution in [2.75, 3.05) is 5.32 Å². The number of hydrogen-bond donors (Lipinski definition) is 2. The molecule has 26 heavy (non-hydrogen) atoms. The zero-order chi connectivity index (χ0) is 17.9. The van der Waals surface area contributed by atoms with Crippen LogP contribution in [0.2, 0.25) is 0 Å². The first kappa shape index (κ1) is 16.0. The lowest BCUT2D eigenvalue weighted by Crippen LogP contribution is -1.92. The van der Waals surface area contributed by atoms with E-state index in [1.54, 1.807) is 6.20 Å². The molecule has 0 amide bonds. The summed E-state index contributed by atoms with van der Waals surface area (Å²) in [6.45, 7) is 4.00. The molecule has 128 valence electrons. The molecule has 0 saturated heterocycles. The molecule has 4 rings (SSSR count). The monoisotopic (exact) mass is 341 g/mol. The summed E-state index contributed by atoms with van der Waals surface area (Å²) >= 11 is 0. The van der Waals surface area contributed by atoms with E-state index in [0.717, 1.165) is 45.4 Å². The Labute approximate surface area is 152 Å². The third-order valence-corrected chi connectivity index (χ3v) is 4.26. The highest BCUT2D eigenvalue weighted by Gasteiger charge is 2.09. The second-order valence-electron chi connectivity index (χ2n) is 6.18. The zero-order valence-electron chi connectivity index (χ0n) is 14.7. The quantitative estimate of drug-likeness (QED) is 0.554. The lowest BCUT2D eigenvalue weighted by Gasteiger charge is -2.08. The van der Waals surface area contributed by atoms with E-state index >= 15 is 0 Å². The summed E-state index contributed by atoms with van der Waals surface area (Å²) in [5.74, 6) is 0.786. The smallest absolute Gasteiger partial charge is 0.156 e. The van der Waals surface area contributed by atoms with Crippen LogP contribution in [0.1, 0.15) is 11.4 Å². The van der Waals surface area contributed by atoms with E-state index in [2.05, 4.69) is 31.3 Å². The van der Waals surface area contributed by atoms with Gasteiger partial charge in [0.1, 0.15) is 5.69 Å². The molecule has 0 unspecified atom stereocenters. The number of nitrogens with one attached hydrogen (secondary N) is 2. The van der Waals surface area contributed by atoms with Crippen LogP contribution in [-0.2, 0) is 0 Å². The Balaban J connectivity index is 1.65. The van der Waals surface area contributed by atoms with E-state index in [9.17, 15) is 0 Å². The molecule has 2 N–H and O–H groups in total. The van der Waals surface area contributed by atoms with Crippen molar-refractivity contribution in [1.29, 1.82) is 0 Å². The van der Waals surface area contributed by atoms with E-state index in [1.807, 2.05) is 68.7 Å². The van der Waals surface area contributed by atoms with Gasteiger partial charge in [0.2, 0.25) is 0 Å². The summed E-state index contributed by atoms with van der Waals surface area (Å²) in [6.07, 6.45) is 5.47. The highest BCUT2D eigenvalue weighted by Crippen LogP contribution is 2.26. The Hall–Kier alpha value is -3.47. The first-order valence-electron chi connectivity index (χ1n) is 8.46. The second kappa shape index (κ2) is 6.80. The number of benzene rings is 1. The van der Waals surface area contributed by atoms with Crippen LogP contribution in [0, 0.1) is 13.8 Å². The molecule has 0 atom stereocenters. The Kier molecular flexibility index (Phi) is 4.19. The summed E-state index contributed by atoms with van der Waals surface area (Å²) in [6, 6.07) is 16.1. The van der Waals surface area contributed by atoms with Crippen LogP contribution in [0.4, 0.5) is 11.4 Å². The minimum atomic E-state index is 0.786. The minimum Gasteiger partial charge on any atom is -0.354 e. The van der Waals surface area contributed by atoms with Crippen molar-refractivity contribution in [3.05, 3.63) is 78.5 Å². The van der Waals surface area contributed by atoms with Crippen molar-refractivity contribution < 1.29 is 0 Å². The molecule has 1 aromatic carbocycles. The maximum Gasteiger partial charge on any atom is 0.156 e. The molecular formula is C21H19N5. The summed E-state index contributed by atoms with van der Waals surface area (Å²) in [5, 5.41) is 3.37. The first-order valence-corrected chi connectivity index (χ1v) is 8.46. The number of aromatic nitrogens is 4. The highest BCUT2D eigenvalue weighted by atomic mass is 15.0. The molecule has 0 radical (unpaired) electrons. The van der Waals surface area contributed by atoms with Crippen molar-refractivity contribution in [2.45, 2.75) is 13.8 Å². The molecule has 0 aliphatic heterocycles. The van der Waals surface area contributed by atoms with Crippen molar-refractivity contribution in [2.24, 2.45) is 0 Å². The van der Waals surface area contributed by atoms with Crippen LogP contribution in [0.3, 0.4) is 0 Å². The normalized spacial score (nSPS) is 10.7. The lowest BCUT2D eigenvalue weighted by molar-refractivity contribution is 1.20. The van der Waals surface area contributed by atoms with Gasteiger partial charge < -0.3 is 10.3 Å². The lowest BCUT2D eigenvalue weighted by atomic mass is 10.1. The molecule has 0 spiro atoms. The predicted octanol–water partition coefficient (Wildman–Crippen LogP) is 4.89. The van der Waals surface area contributed by atoms with Gasteiger partial charge in [-0.2, -0.15) is 0 Å². The third kappa shape index (κ3) is 3.32. The van der Waals surface area contributed by atoms with Crippen LogP contribution in [0.15, 0.2) is 67.1 Å². The van der Waals surface area contributed by atoms with Gasteiger partial charge in [-0.25, -0.2) is 4.98 Å². The molecule has 0 aliphatic carbocycles. The summed E-state index contributed by atoms with van der Waals surface area (Å²) in [5.41, 5.74) is 6.91. The highest BCUT2D eigenvalue weighted by molar-refractivity contribution is 5.72. The number of rotatable bonds is 4. The van der Waals surface area contributed by atoms with E-state index in [0.29, 0.717) is 0 Å². The maximum atomic E-state index is 4.54. The number of nitrogens with zero attached hydrogens (tertiary/aromatic N) is 3. The van der Waals surface area contributed by atoms with Gasteiger partial charge in [-0.15, -0.1) is 0 Å². The standard InChI is InChI=1S/C21H19N5/c1-14-15(2)25-21(24-14)20-11-16(8-9-23-20)17-10-19(13-22-12-17)26-18-6-4-3-5-7-18/h3-13,26H,1-2H3,(H,24,25). The van der Waals surface area contributed by atoms with Crippen molar-refractivity contribution in [1.82, 2.24) is 19.9 Å². The summed E-state index contributed by atoms with van der Waals surface area (Å²) in [4.78, 5) is 16.6. The van der Waals surface area contributed by atoms with Gasteiger partial charge in [-0.3, -0.25) is 9.97 Å². The molecule has 0 fully saturated rings. The van der Waals surface area contributed by atoms with Crippen molar-refractivity contribution in [3.8, 4) is 22.6 Å². The minimum absolute atomic E-state index is 0.786. The Bertz CT molecular complexity index is 1020. The van der Waals surface area contributed by atoms with Gasteiger partial charge in [-0.1, -0.05) is 18.2 Å². The van der Waals surface area contributed by atoms with E-state index in [4.69, 9.17) is 0 Å². The molecule has 3 heterocycles. The van der Waals surface area contributed by atoms with Crippen LogP contribution in [0.5, 0.6) is 0 Å². The number of hydrogen-bond acceptors (Lipinski definition) is 4. The molecule has 0 bridgehead atoms. The van der Waals surface area contributed by atoms with Crippen LogP contribution in [-0.4, -0.2) is 19.9 Å². The number of imidazole rings is 1. The maximum absolute atomic E-state index is 4.54. The zero-order valence-corrected chi connectivity index (χ0v) is 14.7.